The van der Waals surface area contributed by atoms with Crippen molar-refractivity contribution in [2.45, 2.75) is 38.1 Å². The molecule has 0 radical (unpaired) electrons. The zero-order valence-corrected chi connectivity index (χ0v) is 14.8. The van der Waals surface area contributed by atoms with Crippen LogP contribution < -0.4 is 5.32 Å². The van der Waals surface area contributed by atoms with Gasteiger partial charge in [-0.15, -0.1) is 0 Å². The van der Waals surface area contributed by atoms with Crippen LogP contribution >= 0.6 is 0 Å². The van der Waals surface area contributed by atoms with Crippen molar-refractivity contribution in [3.05, 3.63) is 60.2 Å². The smallest absolute Gasteiger partial charge is 0.224 e. The van der Waals surface area contributed by atoms with Gasteiger partial charge in [0.1, 0.15) is 0 Å². The van der Waals surface area contributed by atoms with Crippen LogP contribution in [0.3, 0.4) is 0 Å². The molecule has 6 nitrogen and oxygen atoms in total. The number of aromatic nitrogens is 2. The number of ether oxygens (including phenoxy) is 1. The topological polar surface area (TPSA) is 67.3 Å². The second-order valence-electron chi connectivity index (χ2n) is 7.06. The van der Waals surface area contributed by atoms with E-state index in [-0.39, 0.29) is 17.9 Å². The van der Waals surface area contributed by atoms with E-state index in [1.807, 2.05) is 36.7 Å². The highest BCUT2D eigenvalue weighted by atomic mass is 16.5. The zero-order chi connectivity index (χ0) is 17.8. The molecule has 6 heteroatoms. The second-order valence-corrected chi connectivity index (χ2v) is 7.06. The molecule has 136 valence electrons. The molecule has 2 fully saturated rings. The molecule has 2 aliphatic rings. The van der Waals surface area contributed by atoms with E-state index in [1.54, 1.807) is 12.4 Å². The van der Waals surface area contributed by atoms with Gasteiger partial charge in [0.2, 0.25) is 5.91 Å². The summed E-state index contributed by atoms with van der Waals surface area (Å²) in [5.74, 6) is 0.0513. The Balaban J connectivity index is 1.41. The fourth-order valence-electron chi connectivity index (χ4n) is 3.98. The molecule has 0 bridgehead atoms. The average molecular weight is 352 g/mol. The first-order valence-electron chi connectivity index (χ1n) is 9.21. The molecule has 1 amide bonds. The summed E-state index contributed by atoms with van der Waals surface area (Å²) in [6.45, 7) is 2.90. The summed E-state index contributed by atoms with van der Waals surface area (Å²) in [4.78, 5) is 23.3. The number of nitrogens with one attached hydrogen (secondary N) is 1. The van der Waals surface area contributed by atoms with E-state index in [1.165, 1.54) is 5.56 Å². The standard InChI is InChI=1S/C20H24N4O2/c25-20(23-12-16-2-1-6-22-11-16)17-10-19-18(5-9-26-19)24(14-17)13-15-3-7-21-8-4-15/h1-4,6-8,11,17-19H,5,9-10,12-14H2,(H,23,25)/t17-,18+,19+/m0/s1. The molecule has 2 aromatic heterocycles. The highest BCUT2D eigenvalue weighted by Gasteiger charge is 2.42. The van der Waals surface area contributed by atoms with Gasteiger partial charge in [-0.25, -0.2) is 0 Å². The molecule has 3 atom stereocenters. The Hall–Kier alpha value is -2.31. The summed E-state index contributed by atoms with van der Waals surface area (Å²) in [7, 11) is 0. The normalized spacial score (nSPS) is 25.6. The molecule has 2 aliphatic heterocycles. The van der Waals surface area contributed by atoms with E-state index in [2.05, 4.69) is 20.2 Å². The third-order valence-electron chi connectivity index (χ3n) is 5.31. The Labute approximate surface area is 153 Å². The van der Waals surface area contributed by atoms with Crippen LogP contribution in [0.1, 0.15) is 24.0 Å². The SMILES string of the molecule is O=C(NCc1cccnc1)[C@H]1C[C@H]2OCC[C@H]2N(Cc2ccncc2)C1. The van der Waals surface area contributed by atoms with Crippen LogP contribution in [0.15, 0.2) is 49.1 Å². The second kappa shape index (κ2) is 7.93. The summed E-state index contributed by atoms with van der Waals surface area (Å²) in [6, 6.07) is 8.34. The Morgan fingerprint density at radius 2 is 2.08 bits per heavy atom. The lowest BCUT2D eigenvalue weighted by molar-refractivity contribution is -0.130. The summed E-state index contributed by atoms with van der Waals surface area (Å²) in [6.07, 6.45) is 9.16. The van der Waals surface area contributed by atoms with E-state index in [4.69, 9.17) is 4.74 Å². The van der Waals surface area contributed by atoms with Crippen molar-refractivity contribution in [3.8, 4) is 0 Å². The lowest BCUT2D eigenvalue weighted by Gasteiger charge is -2.40. The Morgan fingerprint density at radius 3 is 2.88 bits per heavy atom. The number of pyridine rings is 2. The number of piperidine rings is 1. The van der Waals surface area contributed by atoms with Gasteiger partial charge < -0.3 is 10.1 Å². The van der Waals surface area contributed by atoms with Crippen LogP contribution in [0.5, 0.6) is 0 Å². The molecular formula is C20H24N4O2. The number of likely N-dealkylation sites (tertiary alicyclic amines) is 1. The maximum absolute atomic E-state index is 12.7. The minimum Gasteiger partial charge on any atom is -0.377 e. The highest BCUT2D eigenvalue weighted by Crippen LogP contribution is 2.32. The Bertz CT molecular complexity index is 725. The number of carbonyl (C=O) groups excluding carboxylic acids is 1. The van der Waals surface area contributed by atoms with Crippen molar-refractivity contribution >= 4 is 5.91 Å². The quantitative estimate of drug-likeness (QED) is 0.888. The van der Waals surface area contributed by atoms with Crippen molar-refractivity contribution < 1.29 is 9.53 Å². The Morgan fingerprint density at radius 1 is 1.19 bits per heavy atom. The fraction of sp³-hybridized carbons (Fsp3) is 0.450. The molecule has 26 heavy (non-hydrogen) atoms. The van der Waals surface area contributed by atoms with Crippen molar-refractivity contribution in [1.29, 1.82) is 0 Å². The zero-order valence-electron chi connectivity index (χ0n) is 14.8. The maximum atomic E-state index is 12.7. The lowest BCUT2D eigenvalue weighted by atomic mass is 9.89. The molecule has 0 saturated carbocycles. The monoisotopic (exact) mass is 352 g/mol. The summed E-state index contributed by atoms with van der Waals surface area (Å²) >= 11 is 0. The van der Waals surface area contributed by atoms with E-state index in [0.29, 0.717) is 12.6 Å². The molecule has 0 spiro atoms. The maximum Gasteiger partial charge on any atom is 0.224 e. The van der Waals surface area contributed by atoms with Gasteiger partial charge in [-0.3, -0.25) is 19.7 Å². The third kappa shape index (κ3) is 3.92. The first kappa shape index (κ1) is 17.1. The summed E-state index contributed by atoms with van der Waals surface area (Å²) in [5.41, 5.74) is 2.24. The molecule has 1 N–H and O–H groups in total. The van der Waals surface area contributed by atoms with E-state index in [0.717, 1.165) is 38.1 Å². The van der Waals surface area contributed by atoms with Gasteiger partial charge in [0.05, 0.1) is 12.0 Å². The minimum absolute atomic E-state index is 0.0483. The molecule has 0 unspecified atom stereocenters. The van der Waals surface area contributed by atoms with Crippen LogP contribution in [0, 0.1) is 5.92 Å². The van der Waals surface area contributed by atoms with Crippen LogP contribution in [-0.2, 0) is 22.6 Å². The van der Waals surface area contributed by atoms with Gasteiger partial charge in [-0.05, 0) is 42.2 Å². The number of nitrogens with zero attached hydrogens (tertiary/aromatic N) is 3. The van der Waals surface area contributed by atoms with Crippen LogP contribution in [-0.4, -0.2) is 46.1 Å². The minimum atomic E-state index is -0.0483. The van der Waals surface area contributed by atoms with Gasteiger partial charge in [-0.1, -0.05) is 6.07 Å². The van der Waals surface area contributed by atoms with E-state index >= 15 is 0 Å². The first-order valence-corrected chi connectivity index (χ1v) is 9.21. The number of hydrogen-bond donors (Lipinski definition) is 1. The van der Waals surface area contributed by atoms with Gasteiger partial charge in [0, 0.05) is 57.1 Å². The number of amides is 1. The molecule has 4 rings (SSSR count). The fourth-order valence-corrected chi connectivity index (χ4v) is 3.98. The van der Waals surface area contributed by atoms with Crippen molar-refractivity contribution in [1.82, 2.24) is 20.2 Å². The molecule has 4 heterocycles. The molecule has 2 saturated heterocycles. The number of hydrogen-bond acceptors (Lipinski definition) is 5. The first-order chi connectivity index (χ1) is 12.8. The summed E-state index contributed by atoms with van der Waals surface area (Å²) in [5, 5.41) is 3.06. The number of fused-ring (bicyclic) bond motifs is 1. The van der Waals surface area contributed by atoms with E-state index in [9.17, 15) is 4.79 Å². The molecule has 2 aromatic rings. The van der Waals surface area contributed by atoms with Crippen molar-refractivity contribution in [2.75, 3.05) is 13.2 Å². The van der Waals surface area contributed by atoms with Crippen LogP contribution in [0.25, 0.3) is 0 Å². The molecule has 0 aliphatic carbocycles. The van der Waals surface area contributed by atoms with Gasteiger partial charge >= 0.3 is 0 Å². The number of rotatable bonds is 5. The Kier molecular flexibility index (Phi) is 5.22. The average Bonchev–Trinajstić information content (AvgIpc) is 3.17. The summed E-state index contributed by atoms with van der Waals surface area (Å²) < 4.78 is 5.92. The molecule has 0 aromatic carbocycles. The van der Waals surface area contributed by atoms with Crippen LogP contribution in [0.4, 0.5) is 0 Å². The van der Waals surface area contributed by atoms with Gasteiger partial charge in [-0.2, -0.15) is 0 Å². The predicted octanol–water partition coefficient (Wildman–Crippen LogP) is 1.77. The predicted molar refractivity (Wildman–Crippen MR) is 97.0 cm³/mol. The van der Waals surface area contributed by atoms with Crippen molar-refractivity contribution in [3.63, 3.8) is 0 Å². The van der Waals surface area contributed by atoms with Crippen molar-refractivity contribution in [2.24, 2.45) is 5.92 Å². The van der Waals surface area contributed by atoms with Gasteiger partial charge in [0.25, 0.3) is 0 Å². The van der Waals surface area contributed by atoms with Gasteiger partial charge in [0.15, 0.2) is 0 Å². The largest absolute Gasteiger partial charge is 0.377 e. The lowest BCUT2D eigenvalue weighted by Crippen LogP contribution is -2.52. The molecular weight excluding hydrogens is 328 g/mol. The third-order valence-corrected chi connectivity index (χ3v) is 5.31. The highest BCUT2D eigenvalue weighted by molar-refractivity contribution is 5.79. The van der Waals surface area contributed by atoms with Crippen LogP contribution in [0.2, 0.25) is 0 Å². The van der Waals surface area contributed by atoms with E-state index < -0.39 is 0 Å². The number of carbonyl (C=O) groups is 1.